The predicted molar refractivity (Wildman–Crippen MR) is 96.0 cm³/mol. The van der Waals surface area contributed by atoms with Crippen LogP contribution in [0, 0.1) is 0 Å². The Hall–Kier alpha value is -2.78. The van der Waals surface area contributed by atoms with E-state index in [1.165, 1.54) is 16.3 Å². The minimum absolute atomic E-state index is 0. The summed E-state index contributed by atoms with van der Waals surface area (Å²) >= 11 is 0. The zero-order valence-corrected chi connectivity index (χ0v) is 13.9. The van der Waals surface area contributed by atoms with Gasteiger partial charge in [0.1, 0.15) is 0 Å². The summed E-state index contributed by atoms with van der Waals surface area (Å²) in [7, 11) is 0. The molecule has 24 heavy (non-hydrogen) atoms. The summed E-state index contributed by atoms with van der Waals surface area (Å²) in [6.45, 7) is 0.779. The van der Waals surface area contributed by atoms with E-state index in [0.717, 1.165) is 29.0 Å². The molecule has 0 bridgehead atoms. The number of halogens is 1. The Morgan fingerprint density at radius 1 is 0.667 bits per heavy atom. The van der Waals surface area contributed by atoms with Crippen molar-refractivity contribution in [1.29, 1.82) is 0 Å². The molecule has 4 heteroatoms. The first kappa shape index (κ1) is 16.1. The number of benzene rings is 3. The average Bonchev–Trinajstić information content (AvgIpc) is 2.56. The van der Waals surface area contributed by atoms with Gasteiger partial charge in [0.2, 0.25) is 11.0 Å². The van der Waals surface area contributed by atoms with Crippen LogP contribution in [0.4, 0.5) is 11.4 Å². The normalized spacial score (nSPS) is 10.7. The maximum Gasteiger partial charge on any atom is 0.215 e. The van der Waals surface area contributed by atoms with E-state index in [1.54, 1.807) is 0 Å². The van der Waals surface area contributed by atoms with E-state index in [1.807, 2.05) is 30.3 Å². The Morgan fingerprint density at radius 3 is 1.75 bits per heavy atom. The van der Waals surface area contributed by atoms with Crippen LogP contribution in [-0.4, -0.2) is 0 Å². The first-order valence-corrected chi connectivity index (χ1v) is 7.66. The smallest absolute Gasteiger partial charge is 0.215 e. The van der Waals surface area contributed by atoms with E-state index in [-0.39, 0.29) is 12.4 Å². The Labute approximate surface area is 146 Å². The van der Waals surface area contributed by atoms with Crippen LogP contribution in [0.5, 0.6) is 0 Å². The fraction of sp³-hybridized carbons (Fsp3) is 0.0500. The van der Waals surface area contributed by atoms with Gasteiger partial charge in [-0.05, 0) is 30.3 Å². The van der Waals surface area contributed by atoms with Crippen molar-refractivity contribution in [2.75, 3.05) is 11.5 Å². The minimum Gasteiger partial charge on any atom is -1.00 e. The van der Waals surface area contributed by atoms with Gasteiger partial charge in [-0.2, -0.15) is 4.57 Å². The SMILES string of the molecule is Nc1ccc2cc3ccc(N)cc3[n+](Cc3ccccc3)c2c1.[Cl-]. The van der Waals surface area contributed by atoms with Crippen LogP contribution in [-0.2, 0) is 6.54 Å². The van der Waals surface area contributed by atoms with Crippen LogP contribution in [0.3, 0.4) is 0 Å². The quantitative estimate of drug-likeness (QED) is 0.318. The molecule has 0 saturated heterocycles. The fourth-order valence-corrected chi connectivity index (χ4v) is 3.07. The second-order valence-electron chi connectivity index (χ2n) is 5.85. The molecule has 0 aliphatic heterocycles. The van der Waals surface area contributed by atoms with Crippen molar-refractivity contribution in [3.8, 4) is 0 Å². The number of nitrogen functional groups attached to an aromatic ring is 2. The van der Waals surface area contributed by atoms with Crippen LogP contribution in [0.15, 0.2) is 72.8 Å². The van der Waals surface area contributed by atoms with Crippen LogP contribution >= 0.6 is 0 Å². The molecule has 0 fully saturated rings. The molecule has 0 saturated carbocycles. The summed E-state index contributed by atoms with van der Waals surface area (Å²) in [5, 5.41) is 2.35. The van der Waals surface area contributed by atoms with Crippen LogP contribution < -0.4 is 28.4 Å². The maximum atomic E-state index is 6.02. The summed E-state index contributed by atoms with van der Waals surface area (Å²) in [6, 6.07) is 24.7. The second kappa shape index (κ2) is 6.38. The molecule has 0 unspecified atom stereocenters. The highest BCUT2D eigenvalue weighted by molar-refractivity contribution is 5.91. The summed E-state index contributed by atoms with van der Waals surface area (Å²) in [5.74, 6) is 0. The third kappa shape index (κ3) is 2.86. The van der Waals surface area contributed by atoms with Crippen LogP contribution in [0.25, 0.3) is 21.8 Å². The van der Waals surface area contributed by atoms with Gasteiger partial charge in [0.05, 0.1) is 0 Å². The van der Waals surface area contributed by atoms with Gasteiger partial charge in [0.15, 0.2) is 6.54 Å². The minimum atomic E-state index is 0. The van der Waals surface area contributed by atoms with Crippen molar-refractivity contribution in [3.63, 3.8) is 0 Å². The van der Waals surface area contributed by atoms with E-state index in [9.17, 15) is 0 Å². The Balaban J connectivity index is 0.00000169. The monoisotopic (exact) mass is 335 g/mol. The number of nitrogens with zero attached hydrogens (tertiary/aromatic N) is 1. The van der Waals surface area contributed by atoms with Crippen molar-refractivity contribution in [3.05, 3.63) is 78.4 Å². The number of aromatic nitrogens is 1. The number of anilines is 2. The molecule has 4 aromatic rings. The second-order valence-corrected chi connectivity index (χ2v) is 5.85. The highest BCUT2D eigenvalue weighted by Gasteiger charge is 2.16. The maximum absolute atomic E-state index is 6.02. The lowest BCUT2D eigenvalue weighted by molar-refractivity contribution is -0.635. The Kier molecular flexibility index (Phi) is 4.28. The van der Waals surface area contributed by atoms with Crippen molar-refractivity contribution in [2.45, 2.75) is 6.54 Å². The highest BCUT2D eigenvalue weighted by atomic mass is 35.5. The molecular weight excluding hydrogens is 318 g/mol. The summed E-state index contributed by atoms with van der Waals surface area (Å²) in [6.07, 6.45) is 0. The van der Waals surface area contributed by atoms with Gasteiger partial charge in [0, 0.05) is 39.8 Å². The van der Waals surface area contributed by atoms with Gasteiger partial charge in [-0.3, -0.25) is 0 Å². The highest BCUT2D eigenvalue weighted by Crippen LogP contribution is 2.22. The third-order valence-corrected chi connectivity index (χ3v) is 4.19. The summed E-state index contributed by atoms with van der Waals surface area (Å²) in [4.78, 5) is 0. The predicted octanol–water partition coefficient (Wildman–Crippen LogP) is 0.497. The zero-order chi connectivity index (χ0) is 15.8. The van der Waals surface area contributed by atoms with E-state index >= 15 is 0 Å². The van der Waals surface area contributed by atoms with E-state index in [4.69, 9.17) is 11.5 Å². The van der Waals surface area contributed by atoms with Gasteiger partial charge in [-0.25, -0.2) is 0 Å². The molecule has 0 radical (unpaired) electrons. The molecule has 4 N–H and O–H groups in total. The molecule has 1 heterocycles. The number of pyridine rings is 1. The topological polar surface area (TPSA) is 55.9 Å². The first-order valence-electron chi connectivity index (χ1n) is 7.66. The van der Waals surface area contributed by atoms with E-state index < -0.39 is 0 Å². The summed E-state index contributed by atoms with van der Waals surface area (Å²) in [5.41, 5.74) is 17.1. The van der Waals surface area contributed by atoms with Crippen molar-refractivity contribution in [2.24, 2.45) is 0 Å². The van der Waals surface area contributed by atoms with Gasteiger partial charge in [-0.1, -0.05) is 30.3 Å². The molecule has 1 aromatic heterocycles. The lowest BCUT2D eigenvalue weighted by atomic mass is 10.1. The summed E-state index contributed by atoms with van der Waals surface area (Å²) < 4.78 is 2.28. The molecule has 0 atom stereocenters. The Bertz CT molecular complexity index is 953. The molecule has 120 valence electrons. The molecule has 3 nitrogen and oxygen atoms in total. The average molecular weight is 336 g/mol. The first-order chi connectivity index (χ1) is 11.2. The number of fused-ring (bicyclic) bond motifs is 2. The Morgan fingerprint density at radius 2 is 1.21 bits per heavy atom. The molecule has 4 rings (SSSR count). The molecule has 0 amide bonds. The lowest BCUT2D eigenvalue weighted by Crippen LogP contribution is -3.00. The van der Waals surface area contributed by atoms with Crippen LogP contribution in [0.2, 0.25) is 0 Å². The number of hydrogen-bond donors (Lipinski definition) is 2. The van der Waals surface area contributed by atoms with Crippen molar-refractivity contribution >= 4 is 33.2 Å². The largest absolute Gasteiger partial charge is 1.00 e. The molecule has 0 aliphatic rings. The zero-order valence-electron chi connectivity index (χ0n) is 13.1. The van der Waals surface area contributed by atoms with Crippen LogP contribution in [0.1, 0.15) is 5.56 Å². The van der Waals surface area contributed by atoms with E-state index in [0.29, 0.717) is 0 Å². The van der Waals surface area contributed by atoms with Gasteiger partial charge in [-0.15, -0.1) is 0 Å². The number of rotatable bonds is 2. The molecule has 0 aliphatic carbocycles. The van der Waals surface area contributed by atoms with E-state index in [2.05, 4.69) is 47.0 Å². The number of nitrogens with two attached hydrogens (primary N) is 2. The van der Waals surface area contributed by atoms with Gasteiger partial charge >= 0.3 is 0 Å². The molecule has 0 spiro atoms. The molecule has 3 aromatic carbocycles. The van der Waals surface area contributed by atoms with Gasteiger partial charge in [0.25, 0.3) is 0 Å². The third-order valence-electron chi connectivity index (χ3n) is 4.19. The fourth-order valence-electron chi connectivity index (χ4n) is 3.07. The van der Waals surface area contributed by atoms with Gasteiger partial charge < -0.3 is 23.9 Å². The number of hydrogen-bond acceptors (Lipinski definition) is 2. The van der Waals surface area contributed by atoms with Crippen molar-refractivity contribution in [1.82, 2.24) is 0 Å². The molecular formula is C20H18ClN3. The standard InChI is InChI=1S/C20H17N3.ClH/c21-17-8-6-15-10-16-7-9-18(22)12-20(16)23(19(15)11-17)13-14-4-2-1-3-5-14;/h1-12H,13H2,(H3,21,22);1H. The van der Waals surface area contributed by atoms with Crippen molar-refractivity contribution < 1.29 is 17.0 Å². The lowest BCUT2D eigenvalue weighted by Gasteiger charge is -2.08.